The zero-order valence-corrected chi connectivity index (χ0v) is 12.1. The molecule has 0 unspecified atom stereocenters. The Labute approximate surface area is 120 Å². The SMILES string of the molecule is CCCn1cnc2c1c(=O)n(CCCC(=O)O)c(=O)n2C. The van der Waals surface area contributed by atoms with Gasteiger partial charge in [-0.1, -0.05) is 6.92 Å². The van der Waals surface area contributed by atoms with E-state index in [-0.39, 0.29) is 19.4 Å². The molecule has 114 valence electrons. The van der Waals surface area contributed by atoms with Gasteiger partial charge in [0.25, 0.3) is 5.56 Å². The van der Waals surface area contributed by atoms with E-state index >= 15 is 0 Å². The fourth-order valence-electron chi connectivity index (χ4n) is 2.32. The molecule has 8 nitrogen and oxygen atoms in total. The van der Waals surface area contributed by atoms with Gasteiger partial charge in [0.1, 0.15) is 0 Å². The number of carbonyl (C=O) groups is 1. The zero-order valence-electron chi connectivity index (χ0n) is 12.1. The molecule has 0 radical (unpaired) electrons. The van der Waals surface area contributed by atoms with Crippen molar-refractivity contribution in [3.05, 3.63) is 27.2 Å². The molecule has 8 heteroatoms. The third kappa shape index (κ3) is 2.74. The number of aromatic nitrogens is 4. The average Bonchev–Trinajstić information content (AvgIpc) is 2.84. The van der Waals surface area contributed by atoms with Crippen molar-refractivity contribution in [2.24, 2.45) is 7.05 Å². The summed E-state index contributed by atoms with van der Waals surface area (Å²) in [5.74, 6) is -0.947. The number of fused-ring (bicyclic) bond motifs is 1. The molecule has 2 rings (SSSR count). The fourth-order valence-corrected chi connectivity index (χ4v) is 2.32. The number of aryl methyl sites for hydroxylation is 2. The van der Waals surface area contributed by atoms with E-state index in [9.17, 15) is 14.4 Å². The van der Waals surface area contributed by atoms with Gasteiger partial charge in [0.2, 0.25) is 0 Å². The molecule has 1 N–H and O–H groups in total. The molecule has 0 saturated carbocycles. The van der Waals surface area contributed by atoms with Crippen LogP contribution in [0, 0.1) is 0 Å². The maximum absolute atomic E-state index is 12.5. The minimum Gasteiger partial charge on any atom is -0.481 e. The quantitative estimate of drug-likeness (QED) is 0.819. The molecule has 0 aromatic carbocycles. The monoisotopic (exact) mass is 294 g/mol. The third-order valence-corrected chi connectivity index (χ3v) is 3.34. The van der Waals surface area contributed by atoms with Crippen molar-refractivity contribution < 1.29 is 9.90 Å². The van der Waals surface area contributed by atoms with E-state index in [1.807, 2.05) is 6.92 Å². The van der Waals surface area contributed by atoms with Crippen molar-refractivity contribution in [3.63, 3.8) is 0 Å². The first-order valence-corrected chi connectivity index (χ1v) is 6.83. The maximum Gasteiger partial charge on any atom is 0.332 e. The fraction of sp³-hybridized carbons (Fsp3) is 0.538. The van der Waals surface area contributed by atoms with Crippen LogP contribution in [-0.2, 0) is 24.9 Å². The van der Waals surface area contributed by atoms with Crippen molar-refractivity contribution in [2.45, 2.75) is 39.3 Å². The second-order valence-corrected chi connectivity index (χ2v) is 4.91. The number of nitrogens with zero attached hydrogens (tertiary/aromatic N) is 4. The summed E-state index contributed by atoms with van der Waals surface area (Å²) in [6, 6.07) is 0. The third-order valence-electron chi connectivity index (χ3n) is 3.34. The van der Waals surface area contributed by atoms with Gasteiger partial charge >= 0.3 is 11.7 Å². The lowest BCUT2D eigenvalue weighted by atomic mass is 10.3. The number of hydrogen-bond acceptors (Lipinski definition) is 4. The predicted octanol–water partition coefficient (Wildman–Crippen LogP) is 0.171. The molecule has 0 saturated heterocycles. The normalized spacial score (nSPS) is 11.1. The molecule has 0 fully saturated rings. The van der Waals surface area contributed by atoms with Gasteiger partial charge < -0.3 is 9.67 Å². The highest BCUT2D eigenvalue weighted by Crippen LogP contribution is 2.06. The molecule has 21 heavy (non-hydrogen) atoms. The highest BCUT2D eigenvalue weighted by atomic mass is 16.4. The van der Waals surface area contributed by atoms with Crippen LogP contribution in [0.25, 0.3) is 11.2 Å². The Morgan fingerprint density at radius 1 is 1.33 bits per heavy atom. The van der Waals surface area contributed by atoms with Gasteiger partial charge in [0.05, 0.1) is 6.33 Å². The van der Waals surface area contributed by atoms with E-state index in [0.29, 0.717) is 17.7 Å². The van der Waals surface area contributed by atoms with E-state index in [0.717, 1.165) is 11.0 Å². The maximum atomic E-state index is 12.5. The molecule has 0 aliphatic carbocycles. The molecule has 0 bridgehead atoms. The molecule has 0 aliphatic rings. The number of rotatable bonds is 6. The first kappa shape index (κ1) is 15.0. The van der Waals surface area contributed by atoms with Crippen LogP contribution in [0.1, 0.15) is 26.2 Å². The van der Waals surface area contributed by atoms with Crippen molar-refractivity contribution in [1.82, 2.24) is 18.7 Å². The minimum atomic E-state index is -0.947. The molecule has 0 aliphatic heterocycles. The second kappa shape index (κ2) is 5.94. The summed E-state index contributed by atoms with van der Waals surface area (Å²) < 4.78 is 4.13. The Balaban J connectivity index is 2.54. The van der Waals surface area contributed by atoms with Gasteiger partial charge in [-0.25, -0.2) is 9.78 Å². The Morgan fingerprint density at radius 3 is 2.67 bits per heavy atom. The van der Waals surface area contributed by atoms with Crippen LogP contribution < -0.4 is 11.2 Å². The highest BCUT2D eigenvalue weighted by molar-refractivity contribution is 5.70. The van der Waals surface area contributed by atoms with Gasteiger partial charge in [-0.3, -0.25) is 18.7 Å². The van der Waals surface area contributed by atoms with Crippen molar-refractivity contribution in [3.8, 4) is 0 Å². The van der Waals surface area contributed by atoms with Crippen molar-refractivity contribution in [1.29, 1.82) is 0 Å². The first-order chi connectivity index (χ1) is 9.97. The topological polar surface area (TPSA) is 99.1 Å². The van der Waals surface area contributed by atoms with Crippen LogP contribution in [0.5, 0.6) is 0 Å². The summed E-state index contributed by atoms with van der Waals surface area (Å²) >= 11 is 0. The molecule has 2 aromatic heterocycles. The predicted molar refractivity (Wildman–Crippen MR) is 76.4 cm³/mol. The molecule has 0 atom stereocenters. The Hall–Kier alpha value is -2.38. The first-order valence-electron chi connectivity index (χ1n) is 6.83. The molecule has 0 amide bonds. The van der Waals surface area contributed by atoms with Gasteiger partial charge in [-0.2, -0.15) is 0 Å². The van der Waals surface area contributed by atoms with E-state index in [4.69, 9.17) is 5.11 Å². The molecule has 0 spiro atoms. The van der Waals surface area contributed by atoms with Gasteiger partial charge in [0.15, 0.2) is 11.2 Å². The van der Waals surface area contributed by atoms with E-state index in [1.54, 1.807) is 17.9 Å². The van der Waals surface area contributed by atoms with Crippen LogP contribution in [0.15, 0.2) is 15.9 Å². The molecule has 2 heterocycles. The standard InChI is InChI=1S/C13H18N4O4/c1-3-6-16-8-14-11-10(16)12(20)17(13(21)15(11)2)7-4-5-9(18)19/h8H,3-7H2,1-2H3,(H,18,19). The van der Waals surface area contributed by atoms with Gasteiger partial charge in [-0.05, 0) is 12.8 Å². The summed E-state index contributed by atoms with van der Waals surface area (Å²) in [6.45, 7) is 2.71. The van der Waals surface area contributed by atoms with Crippen LogP contribution in [0.3, 0.4) is 0 Å². The summed E-state index contributed by atoms with van der Waals surface area (Å²) in [6.07, 6.45) is 2.54. The Kier molecular flexibility index (Phi) is 4.25. The van der Waals surface area contributed by atoms with Gasteiger partial charge in [0, 0.05) is 26.6 Å². The average molecular weight is 294 g/mol. The smallest absolute Gasteiger partial charge is 0.332 e. The van der Waals surface area contributed by atoms with E-state index in [1.165, 1.54) is 4.57 Å². The van der Waals surface area contributed by atoms with E-state index in [2.05, 4.69) is 4.98 Å². The highest BCUT2D eigenvalue weighted by Gasteiger charge is 2.15. The molecular formula is C13H18N4O4. The minimum absolute atomic E-state index is 0.0815. The van der Waals surface area contributed by atoms with E-state index < -0.39 is 17.2 Å². The Morgan fingerprint density at radius 2 is 2.05 bits per heavy atom. The summed E-state index contributed by atoms with van der Waals surface area (Å²) in [5, 5.41) is 8.65. The molecule has 2 aromatic rings. The lowest BCUT2D eigenvalue weighted by molar-refractivity contribution is -0.137. The summed E-state index contributed by atoms with van der Waals surface area (Å²) in [5.41, 5.74) is -0.147. The van der Waals surface area contributed by atoms with Crippen LogP contribution in [-0.4, -0.2) is 29.8 Å². The largest absolute Gasteiger partial charge is 0.481 e. The van der Waals surface area contributed by atoms with Crippen LogP contribution >= 0.6 is 0 Å². The number of carboxylic acids is 1. The number of imidazole rings is 1. The molecular weight excluding hydrogens is 276 g/mol. The second-order valence-electron chi connectivity index (χ2n) is 4.91. The number of carboxylic acid groups (broad SMARTS) is 1. The summed E-state index contributed by atoms with van der Waals surface area (Å²) in [7, 11) is 1.56. The lowest BCUT2D eigenvalue weighted by Gasteiger charge is -2.08. The van der Waals surface area contributed by atoms with Crippen LogP contribution in [0.4, 0.5) is 0 Å². The summed E-state index contributed by atoms with van der Waals surface area (Å²) in [4.78, 5) is 39.3. The number of aliphatic carboxylic acids is 1. The van der Waals surface area contributed by atoms with Crippen LogP contribution in [0.2, 0.25) is 0 Å². The zero-order chi connectivity index (χ0) is 15.6. The van der Waals surface area contributed by atoms with Crippen molar-refractivity contribution in [2.75, 3.05) is 0 Å². The van der Waals surface area contributed by atoms with Gasteiger partial charge in [-0.15, -0.1) is 0 Å². The Bertz CT molecular complexity index is 784. The number of hydrogen-bond donors (Lipinski definition) is 1. The lowest BCUT2D eigenvalue weighted by Crippen LogP contribution is -2.39. The van der Waals surface area contributed by atoms with Crippen molar-refractivity contribution >= 4 is 17.1 Å².